The van der Waals surface area contributed by atoms with Crippen LogP contribution in [0.15, 0.2) is 60.7 Å². The lowest BCUT2D eigenvalue weighted by Crippen LogP contribution is -2.35. The van der Waals surface area contributed by atoms with Crippen molar-refractivity contribution < 1.29 is 26.4 Å². The first-order valence-corrected chi connectivity index (χ1v) is 14.3. The Kier molecular flexibility index (Phi) is 4.60. The van der Waals surface area contributed by atoms with E-state index >= 15 is 0 Å². The van der Waals surface area contributed by atoms with Crippen LogP contribution < -0.4 is 0 Å². The number of sulfonamides is 2. The highest BCUT2D eigenvalue weighted by Crippen LogP contribution is 2.48. The lowest BCUT2D eigenvalue weighted by atomic mass is 10.0. The molecule has 2 aliphatic carbocycles. The zero-order chi connectivity index (χ0) is 23.8. The Hall–Kier alpha value is -2.98. The fraction of sp³-hybridized carbons (Fsp3) is 0.333. The van der Waals surface area contributed by atoms with Crippen LogP contribution in [0.3, 0.4) is 0 Å². The van der Waals surface area contributed by atoms with Crippen molar-refractivity contribution in [2.24, 2.45) is 11.8 Å². The van der Waals surface area contributed by atoms with E-state index in [4.69, 9.17) is 0 Å². The molecule has 10 heteroatoms. The molecule has 0 N–H and O–H groups in total. The van der Waals surface area contributed by atoms with Crippen LogP contribution >= 0.6 is 0 Å². The fourth-order valence-electron chi connectivity index (χ4n) is 6.13. The van der Waals surface area contributed by atoms with Gasteiger partial charge in [-0.3, -0.25) is 9.59 Å². The highest BCUT2D eigenvalue weighted by molar-refractivity contribution is 7.90. The van der Waals surface area contributed by atoms with Gasteiger partial charge in [0, 0.05) is 24.0 Å². The lowest BCUT2D eigenvalue weighted by molar-refractivity contribution is -0.125. The van der Waals surface area contributed by atoms with E-state index in [-0.39, 0.29) is 23.3 Å². The molecule has 2 aromatic carbocycles. The Balaban J connectivity index is 1.29. The smallest absolute Gasteiger partial charge is 0.260 e. The van der Waals surface area contributed by atoms with Gasteiger partial charge in [0.05, 0.1) is 23.6 Å². The normalized spacial score (nSPS) is 29.6. The Labute approximate surface area is 198 Å². The van der Waals surface area contributed by atoms with Crippen molar-refractivity contribution >= 4 is 31.9 Å². The minimum absolute atomic E-state index is 0.138. The summed E-state index contributed by atoms with van der Waals surface area (Å²) in [6.07, 6.45) is 2.93. The number of carbonyl (C=O) groups excluding carboxylic acids is 2. The predicted octanol–water partition coefficient (Wildman–Crippen LogP) is 1.71. The predicted molar refractivity (Wildman–Crippen MR) is 123 cm³/mol. The molecule has 4 aliphatic rings. The molecule has 2 fully saturated rings. The van der Waals surface area contributed by atoms with Crippen LogP contribution in [0, 0.1) is 11.8 Å². The first-order valence-electron chi connectivity index (χ1n) is 11.1. The van der Waals surface area contributed by atoms with E-state index in [0.29, 0.717) is 12.8 Å². The van der Waals surface area contributed by atoms with Gasteiger partial charge in [0.15, 0.2) is 0 Å². The van der Waals surface area contributed by atoms with Gasteiger partial charge in [-0.15, -0.1) is 0 Å². The summed E-state index contributed by atoms with van der Waals surface area (Å²) in [5, 5.41) is 0. The van der Waals surface area contributed by atoms with Crippen LogP contribution in [0.2, 0.25) is 0 Å². The first-order chi connectivity index (χ1) is 16.2. The fourth-order valence-corrected chi connectivity index (χ4v) is 10.1. The van der Waals surface area contributed by atoms with Crippen molar-refractivity contribution in [1.82, 2.24) is 8.61 Å². The molecule has 0 radical (unpaired) electrons. The van der Waals surface area contributed by atoms with Gasteiger partial charge in [-0.1, -0.05) is 48.5 Å². The van der Waals surface area contributed by atoms with Gasteiger partial charge in [-0.2, -0.15) is 0 Å². The molecule has 2 heterocycles. The van der Waals surface area contributed by atoms with Crippen LogP contribution in [0.4, 0.5) is 0 Å². The number of fused-ring (bicyclic) bond motifs is 6. The van der Waals surface area contributed by atoms with E-state index in [1.54, 1.807) is 0 Å². The van der Waals surface area contributed by atoms with Crippen molar-refractivity contribution in [1.29, 1.82) is 0 Å². The second kappa shape index (κ2) is 7.26. The summed E-state index contributed by atoms with van der Waals surface area (Å²) >= 11 is 0. The molecule has 34 heavy (non-hydrogen) atoms. The van der Waals surface area contributed by atoms with Gasteiger partial charge in [-0.25, -0.2) is 25.4 Å². The van der Waals surface area contributed by atoms with Crippen molar-refractivity contribution in [2.75, 3.05) is 11.5 Å². The van der Waals surface area contributed by atoms with Gasteiger partial charge < -0.3 is 0 Å². The number of amides is 2. The van der Waals surface area contributed by atoms with Crippen molar-refractivity contribution in [2.45, 2.75) is 24.9 Å². The lowest BCUT2D eigenvalue weighted by Gasteiger charge is -2.23. The summed E-state index contributed by atoms with van der Waals surface area (Å²) in [7, 11) is -7.69. The van der Waals surface area contributed by atoms with E-state index in [2.05, 4.69) is 0 Å². The van der Waals surface area contributed by atoms with E-state index in [0.717, 1.165) is 43.0 Å². The summed E-state index contributed by atoms with van der Waals surface area (Å²) in [6.45, 7) is 0. The zero-order valence-corrected chi connectivity index (χ0v) is 19.7. The standard InChI is InChI=1S/C24H22N2O6S2/c27-21(25-23-17(13-33(25,29)30)11-15-5-1-3-7-19(15)23)9-10-22(28)26-24-18(14-34(26,31)32)12-16-6-2-4-8-20(16)24/h1-10,17-18,23-24H,11-14H2/b10-9+/t17-,18-,23+,24+/m1/s1. The second-order valence-electron chi connectivity index (χ2n) is 9.37. The molecule has 2 aromatic rings. The molecule has 0 aromatic heterocycles. The molecule has 8 nitrogen and oxygen atoms in total. The highest BCUT2D eigenvalue weighted by Gasteiger charge is 2.53. The summed E-state index contributed by atoms with van der Waals surface area (Å²) in [5.41, 5.74) is 3.63. The van der Waals surface area contributed by atoms with Gasteiger partial charge in [0.1, 0.15) is 0 Å². The number of nitrogens with zero attached hydrogens (tertiary/aromatic N) is 2. The zero-order valence-electron chi connectivity index (χ0n) is 18.1. The maximum Gasteiger partial charge on any atom is 0.260 e. The highest BCUT2D eigenvalue weighted by atomic mass is 32.2. The van der Waals surface area contributed by atoms with Gasteiger partial charge in [0.2, 0.25) is 20.0 Å². The Morgan fingerprint density at radius 1 is 0.676 bits per heavy atom. The molecule has 0 unspecified atom stereocenters. The summed E-state index contributed by atoms with van der Waals surface area (Å²) in [6, 6.07) is 13.7. The molecule has 0 spiro atoms. The Morgan fingerprint density at radius 3 is 1.47 bits per heavy atom. The van der Waals surface area contributed by atoms with Crippen molar-refractivity contribution in [3.63, 3.8) is 0 Å². The number of rotatable bonds is 2. The summed E-state index contributed by atoms with van der Waals surface area (Å²) < 4.78 is 52.9. The average molecular weight is 499 g/mol. The van der Waals surface area contributed by atoms with Crippen LogP contribution in [0.1, 0.15) is 34.3 Å². The first kappa shape index (κ1) is 21.5. The summed E-state index contributed by atoms with van der Waals surface area (Å²) in [4.78, 5) is 26.1. The topological polar surface area (TPSA) is 109 Å². The van der Waals surface area contributed by atoms with E-state index in [9.17, 15) is 26.4 Å². The van der Waals surface area contributed by atoms with Gasteiger partial charge in [0.25, 0.3) is 11.8 Å². The molecular weight excluding hydrogens is 476 g/mol. The third-order valence-corrected chi connectivity index (χ3v) is 11.1. The SMILES string of the molecule is O=C(/C=C/C(=O)N1[C@@H]2c3ccccc3C[C@@H]2CS1(=O)=O)N1[C@@H]2c3ccccc3C[C@@H]2CS1(=O)=O. The molecular formula is C24H22N2O6S2. The van der Waals surface area contributed by atoms with Crippen LogP contribution in [-0.4, -0.2) is 48.8 Å². The molecule has 2 saturated heterocycles. The number of carbonyl (C=O) groups is 2. The molecule has 6 rings (SSSR count). The molecule has 4 atom stereocenters. The Morgan fingerprint density at radius 2 is 1.06 bits per heavy atom. The second-order valence-corrected chi connectivity index (χ2v) is 13.2. The third-order valence-electron chi connectivity index (χ3n) is 7.36. The molecule has 2 aliphatic heterocycles. The number of benzene rings is 2. The van der Waals surface area contributed by atoms with Gasteiger partial charge >= 0.3 is 0 Å². The van der Waals surface area contributed by atoms with Crippen molar-refractivity contribution in [3.05, 3.63) is 82.9 Å². The maximum absolute atomic E-state index is 13.1. The van der Waals surface area contributed by atoms with Crippen LogP contribution in [-0.2, 0) is 42.5 Å². The minimum atomic E-state index is -3.84. The van der Waals surface area contributed by atoms with E-state index in [1.807, 2.05) is 48.5 Å². The molecule has 0 saturated carbocycles. The summed E-state index contributed by atoms with van der Waals surface area (Å²) in [5.74, 6) is -2.41. The third kappa shape index (κ3) is 3.08. The largest absolute Gasteiger partial charge is 0.269 e. The van der Waals surface area contributed by atoms with Crippen molar-refractivity contribution in [3.8, 4) is 0 Å². The molecule has 176 valence electrons. The molecule has 0 bridgehead atoms. The van der Waals surface area contributed by atoms with Crippen LogP contribution in [0.5, 0.6) is 0 Å². The Bertz CT molecular complexity index is 1370. The number of hydrogen-bond donors (Lipinski definition) is 0. The van der Waals surface area contributed by atoms with Gasteiger partial charge in [-0.05, 0) is 35.1 Å². The van der Waals surface area contributed by atoms with Crippen LogP contribution in [0.25, 0.3) is 0 Å². The number of hydrogen-bond acceptors (Lipinski definition) is 6. The monoisotopic (exact) mass is 498 g/mol. The molecule has 2 amide bonds. The average Bonchev–Trinajstić information content (AvgIpc) is 3.44. The van der Waals surface area contributed by atoms with E-state index < -0.39 is 43.9 Å². The maximum atomic E-state index is 13.1. The quantitative estimate of drug-likeness (QED) is 0.584. The minimum Gasteiger partial charge on any atom is -0.269 e. The van der Waals surface area contributed by atoms with E-state index in [1.165, 1.54) is 0 Å².